The maximum Gasteiger partial charge on any atom is 0.337 e. The Morgan fingerprint density at radius 2 is 2.14 bits per heavy atom. The van der Waals surface area contributed by atoms with Crippen molar-refractivity contribution in [3.8, 4) is 0 Å². The van der Waals surface area contributed by atoms with Gasteiger partial charge in [-0.25, -0.2) is 4.79 Å². The van der Waals surface area contributed by atoms with Gasteiger partial charge in [0.2, 0.25) is 0 Å². The Labute approximate surface area is 90.8 Å². The predicted molar refractivity (Wildman–Crippen MR) is 56.1 cm³/mol. The van der Waals surface area contributed by atoms with Crippen LogP contribution in [-0.2, 0) is 4.74 Å². The van der Waals surface area contributed by atoms with Crippen LogP contribution in [0.1, 0.15) is 28.9 Å². The molecule has 0 aromatic heterocycles. The summed E-state index contributed by atoms with van der Waals surface area (Å²) >= 11 is 3.26. The fourth-order valence-corrected chi connectivity index (χ4v) is 1.60. The van der Waals surface area contributed by atoms with Gasteiger partial charge in [-0.2, -0.15) is 0 Å². The molecule has 0 fully saturated rings. The van der Waals surface area contributed by atoms with Gasteiger partial charge in [0, 0.05) is 4.47 Å². The fraction of sp³-hybridized carbons (Fsp3) is 0.300. The van der Waals surface area contributed by atoms with Gasteiger partial charge in [0.1, 0.15) is 0 Å². The van der Waals surface area contributed by atoms with Gasteiger partial charge in [-0.05, 0) is 30.7 Å². The van der Waals surface area contributed by atoms with Crippen LogP contribution in [0, 0.1) is 0 Å². The van der Waals surface area contributed by atoms with E-state index in [-0.39, 0.29) is 0 Å². The molecule has 0 saturated carbocycles. The first-order valence-corrected chi connectivity index (χ1v) is 4.90. The molecule has 3 nitrogen and oxygen atoms in total. The molecule has 1 aromatic carbocycles. The second-order valence-electron chi connectivity index (χ2n) is 2.94. The summed E-state index contributed by atoms with van der Waals surface area (Å²) in [6.45, 7) is 1.64. The first kappa shape index (κ1) is 11.2. The summed E-state index contributed by atoms with van der Waals surface area (Å²) in [5, 5.41) is 9.35. The van der Waals surface area contributed by atoms with Crippen molar-refractivity contribution >= 4 is 21.9 Å². The zero-order valence-electron chi connectivity index (χ0n) is 7.95. The number of rotatable bonds is 2. The summed E-state index contributed by atoms with van der Waals surface area (Å²) in [6.07, 6.45) is -0.601. The van der Waals surface area contributed by atoms with Crippen LogP contribution in [0.25, 0.3) is 0 Å². The summed E-state index contributed by atoms with van der Waals surface area (Å²) < 4.78 is 5.33. The van der Waals surface area contributed by atoms with Crippen LogP contribution in [0.3, 0.4) is 0 Å². The summed E-state index contributed by atoms with van der Waals surface area (Å²) in [7, 11) is 1.32. The highest BCUT2D eigenvalue weighted by Crippen LogP contribution is 2.21. The van der Waals surface area contributed by atoms with Crippen LogP contribution < -0.4 is 0 Å². The minimum Gasteiger partial charge on any atom is -0.465 e. The van der Waals surface area contributed by atoms with Crippen molar-refractivity contribution in [1.82, 2.24) is 0 Å². The maximum absolute atomic E-state index is 11.2. The molecule has 0 heterocycles. The van der Waals surface area contributed by atoms with Crippen LogP contribution in [0.15, 0.2) is 22.7 Å². The van der Waals surface area contributed by atoms with E-state index in [1.165, 1.54) is 7.11 Å². The van der Waals surface area contributed by atoms with Crippen molar-refractivity contribution < 1.29 is 14.6 Å². The van der Waals surface area contributed by atoms with E-state index in [4.69, 9.17) is 0 Å². The number of hydrogen-bond acceptors (Lipinski definition) is 3. The molecule has 1 unspecified atom stereocenters. The molecule has 0 spiro atoms. The Balaban J connectivity index is 3.13. The number of hydrogen-bond donors (Lipinski definition) is 1. The monoisotopic (exact) mass is 258 g/mol. The molecule has 1 aromatic rings. The van der Waals surface area contributed by atoms with Gasteiger partial charge < -0.3 is 9.84 Å². The molecule has 0 aliphatic heterocycles. The number of carbonyl (C=O) groups excluding carboxylic acids is 1. The number of halogens is 1. The van der Waals surface area contributed by atoms with Crippen LogP contribution in [0.4, 0.5) is 0 Å². The van der Waals surface area contributed by atoms with Gasteiger partial charge in [-0.15, -0.1) is 0 Å². The molecule has 1 N–H and O–H groups in total. The SMILES string of the molecule is COC(=O)c1cc(Br)cc(C(C)O)c1. The zero-order valence-corrected chi connectivity index (χ0v) is 9.54. The van der Waals surface area contributed by atoms with E-state index in [1.54, 1.807) is 25.1 Å². The number of esters is 1. The molecule has 1 rings (SSSR count). The van der Waals surface area contributed by atoms with Crippen molar-refractivity contribution in [3.63, 3.8) is 0 Å². The van der Waals surface area contributed by atoms with Crippen LogP contribution in [0.5, 0.6) is 0 Å². The lowest BCUT2D eigenvalue weighted by molar-refractivity contribution is 0.0600. The summed E-state index contributed by atoms with van der Waals surface area (Å²) in [5.74, 6) is -0.409. The number of aliphatic hydroxyl groups excluding tert-OH is 1. The smallest absolute Gasteiger partial charge is 0.337 e. The third-order valence-electron chi connectivity index (χ3n) is 1.82. The van der Waals surface area contributed by atoms with Gasteiger partial charge in [0.05, 0.1) is 18.8 Å². The van der Waals surface area contributed by atoms with Crippen LogP contribution in [0.2, 0.25) is 0 Å². The summed E-state index contributed by atoms with van der Waals surface area (Å²) in [4.78, 5) is 11.2. The minimum absolute atomic E-state index is 0.409. The number of methoxy groups -OCH3 is 1. The first-order chi connectivity index (χ1) is 6.54. The zero-order chi connectivity index (χ0) is 10.7. The van der Waals surface area contributed by atoms with E-state index in [2.05, 4.69) is 20.7 Å². The van der Waals surface area contributed by atoms with E-state index in [0.717, 1.165) is 4.47 Å². The van der Waals surface area contributed by atoms with E-state index < -0.39 is 12.1 Å². The highest BCUT2D eigenvalue weighted by Gasteiger charge is 2.10. The molecular formula is C10H11BrO3. The normalized spacial score (nSPS) is 12.3. The molecule has 0 saturated heterocycles. The van der Waals surface area contributed by atoms with Gasteiger partial charge in [0.25, 0.3) is 0 Å². The molecule has 0 aliphatic rings. The Morgan fingerprint density at radius 1 is 1.50 bits per heavy atom. The van der Waals surface area contributed by atoms with Crippen molar-refractivity contribution in [2.45, 2.75) is 13.0 Å². The number of benzene rings is 1. The Hall–Kier alpha value is -0.870. The summed E-state index contributed by atoms with van der Waals surface area (Å²) in [6, 6.07) is 5.02. The van der Waals surface area contributed by atoms with Crippen molar-refractivity contribution in [1.29, 1.82) is 0 Å². The van der Waals surface area contributed by atoms with Crippen LogP contribution in [-0.4, -0.2) is 18.2 Å². The lowest BCUT2D eigenvalue weighted by atomic mass is 10.1. The average Bonchev–Trinajstić information content (AvgIpc) is 2.15. The molecule has 1 atom stereocenters. The number of ether oxygens (including phenoxy) is 1. The maximum atomic E-state index is 11.2. The number of carbonyl (C=O) groups is 1. The molecule has 0 aliphatic carbocycles. The highest BCUT2D eigenvalue weighted by atomic mass is 79.9. The van der Waals surface area contributed by atoms with E-state index >= 15 is 0 Å². The molecule has 76 valence electrons. The van der Waals surface area contributed by atoms with E-state index in [1.807, 2.05) is 0 Å². The lowest BCUT2D eigenvalue weighted by Crippen LogP contribution is -2.03. The Kier molecular flexibility index (Phi) is 3.66. The lowest BCUT2D eigenvalue weighted by Gasteiger charge is -2.07. The average molecular weight is 259 g/mol. The van der Waals surface area contributed by atoms with E-state index in [9.17, 15) is 9.90 Å². The molecule has 0 bridgehead atoms. The third kappa shape index (κ3) is 2.56. The molecule has 14 heavy (non-hydrogen) atoms. The molecule has 4 heteroatoms. The molecular weight excluding hydrogens is 248 g/mol. The van der Waals surface area contributed by atoms with E-state index in [0.29, 0.717) is 11.1 Å². The molecule has 0 radical (unpaired) electrons. The Morgan fingerprint density at radius 3 is 2.64 bits per heavy atom. The van der Waals surface area contributed by atoms with Crippen molar-refractivity contribution in [2.75, 3.05) is 7.11 Å². The fourth-order valence-electron chi connectivity index (χ4n) is 1.09. The predicted octanol–water partition coefficient (Wildman–Crippen LogP) is 2.29. The Bertz CT molecular complexity index is 347. The largest absolute Gasteiger partial charge is 0.465 e. The third-order valence-corrected chi connectivity index (χ3v) is 2.28. The van der Waals surface area contributed by atoms with Crippen LogP contribution >= 0.6 is 15.9 Å². The number of aliphatic hydroxyl groups is 1. The van der Waals surface area contributed by atoms with Crippen molar-refractivity contribution in [3.05, 3.63) is 33.8 Å². The van der Waals surface area contributed by atoms with Gasteiger partial charge in [0.15, 0.2) is 0 Å². The van der Waals surface area contributed by atoms with Crippen molar-refractivity contribution in [2.24, 2.45) is 0 Å². The first-order valence-electron chi connectivity index (χ1n) is 4.11. The highest BCUT2D eigenvalue weighted by molar-refractivity contribution is 9.10. The standard InChI is InChI=1S/C10H11BrO3/c1-6(12)7-3-8(10(13)14-2)5-9(11)4-7/h3-6,12H,1-2H3. The van der Waals surface area contributed by atoms with Gasteiger partial charge >= 0.3 is 5.97 Å². The topological polar surface area (TPSA) is 46.5 Å². The minimum atomic E-state index is -0.601. The quantitative estimate of drug-likeness (QED) is 0.829. The van der Waals surface area contributed by atoms with Gasteiger partial charge in [-0.3, -0.25) is 0 Å². The van der Waals surface area contributed by atoms with Gasteiger partial charge in [-0.1, -0.05) is 15.9 Å². The second-order valence-corrected chi connectivity index (χ2v) is 3.86. The molecule has 0 amide bonds. The second kappa shape index (κ2) is 4.57. The summed E-state index contributed by atoms with van der Waals surface area (Å²) in [5.41, 5.74) is 1.11.